The molecular weight excluding hydrogens is 341 g/mol. The SMILES string of the molecule is Cc1cc(N=C(NC(=O)OC(C)(C)C)NC(=O)OC(C)(C)C)ccc1F. The van der Waals surface area contributed by atoms with Gasteiger partial charge in [-0.05, 0) is 72.2 Å². The second-order valence-electron chi connectivity index (χ2n) is 7.65. The summed E-state index contributed by atoms with van der Waals surface area (Å²) in [7, 11) is 0. The van der Waals surface area contributed by atoms with Crippen molar-refractivity contribution < 1.29 is 23.5 Å². The predicted molar refractivity (Wildman–Crippen MR) is 97.0 cm³/mol. The molecule has 0 bridgehead atoms. The molecule has 0 aliphatic rings. The summed E-state index contributed by atoms with van der Waals surface area (Å²) in [6, 6.07) is 4.13. The number of nitrogens with one attached hydrogen (secondary N) is 2. The van der Waals surface area contributed by atoms with Crippen LogP contribution in [0.3, 0.4) is 0 Å². The van der Waals surface area contributed by atoms with Gasteiger partial charge in [-0.2, -0.15) is 0 Å². The van der Waals surface area contributed by atoms with E-state index in [-0.39, 0.29) is 11.8 Å². The molecule has 1 rings (SSSR count). The number of alkyl carbamates (subject to hydrolysis) is 2. The van der Waals surface area contributed by atoms with Gasteiger partial charge in [0.15, 0.2) is 0 Å². The first-order chi connectivity index (χ1) is 11.7. The van der Waals surface area contributed by atoms with Gasteiger partial charge in [0.25, 0.3) is 0 Å². The summed E-state index contributed by atoms with van der Waals surface area (Å²) >= 11 is 0. The van der Waals surface area contributed by atoms with Gasteiger partial charge in [0.2, 0.25) is 5.96 Å². The maximum Gasteiger partial charge on any atom is 0.414 e. The first-order valence-corrected chi connectivity index (χ1v) is 8.10. The Bertz CT molecular complexity index is 671. The van der Waals surface area contributed by atoms with E-state index in [0.717, 1.165) is 0 Å². The van der Waals surface area contributed by atoms with E-state index >= 15 is 0 Å². The molecule has 0 atom stereocenters. The van der Waals surface area contributed by atoms with E-state index in [4.69, 9.17) is 9.47 Å². The van der Waals surface area contributed by atoms with E-state index in [1.807, 2.05) is 0 Å². The van der Waals surface area contributed by atoms with Crippen LogP contribution < -0.4 is 10.6 Å². The minimum Gasteiger partial charge on any atom is -0.444 e. The zero-order valence-electron chi connectivity index (χ0n) is 16.2. The Balaban J connectivity index is 3.03. The molecule has 0 aromatic heterocycles. The Morgan fingerprint density at radius 3 is 1.81 bits per heavy atom. The molecular formula is C18H26FN3O4. The molecule has 8 heteroatoms. The zero-order chi connectivity index (χ0) is 20.1. The van der Waals surface area contributed by atoms with Gasteiger partial charge in [0.1, 0.15) is 17.0 Å². The van der Waals surface area contributed by atoms with Gasteiger partial charge in [-0.15, -0.1) is 0 Å². The number of hydrogen-bond donors (Lipinski definition) is 2. The summed E-state index contributed by atoms with van der Waals surface area (Å²) in [5.74, 6) is -0.579. The second kappa shape index (κ2) is 8.16. The lowest BCUT2D eigenvalue weighted by atomic mass is 10.2. The maximum absolute atomic E-state index is 13.4. The highest BCUT2D eigenvalue weighted by molar-refractivity contribution is 6.02. The summed E-state index contributed by atoms with van der Waals surface area (Å²) < 4.78 is 23.7. The smallest absolute Gasteiger partial charge is 0.414 e. The molecule has 0 heterocycles. The molecule has 7 nitrogen and oxygen atoms in total. The standard InChI is InChI=1S/C18H26FN3O4/c1-11-10-12(8-9-13(11)19)20-14(21-15(23)25-17(2,3)4)22-16(24)26-18(5,6)7/h8-10H,1-7H3,(H2,20,21,22,23,24). The van der Waals surface area contributed by atoms with Crippen molar-refractivity contribution in [2.24, 2.45) is 4.99 Å². The van der Waals surface area contributed by atoms with E-state index in [2.05, 4.69) is 15.6 Å². The number of aliphatic imine (C=N–C) groups is 1. The van der Waals surface area contributed by atoms with Crippen molar-refractivity contribution >= 4 is 23.8 Å². The highest BCUT2D eigenvalue weighted by Crippen LogP contribution is 2.17. The fourth-order valence-corrected chi connectivity index (χ4v) is 1.72. The molecule has 0 spiro atoms. The van der Waals surface area contributed by atoms with Gasteiger partial charge >= 0.3 is 12.2 Å². The molecule has 0 saturated carbocycles. The molecule has 1 aromatic rings. The topological polar surface area (TPSA) is 89.0 Å². The largest absolute Gasteiger partial charge is 0.444 e. The number of halogens is 1. The Kier molecular flexibility index (Phi) is 6.72. The minimum absolute atomic E-state index is 0.195. The van der Waals surface area contributed by atoms with Gasteiger partial charge in [-0.1, -0.05) is 0 Å². The van der Waals surface area contributed by atoms with Gasteiger partial charge < -0.3 is 9.47 Å². The highest BCUT2D eigenvalue weighted by atomic mass is 19.1. The minimum atomic E-state index is -0.800. The van der Waals surface area contributed by atoms with Crippen LogP contribution in [-0.2, 0) is 9.47 Å². The first kappa shape index (κ1) is 21.4. The first-order valence-electron chi connectivity index (χ1n) is 8.10. The van der Waals surface area contributed by atoms with Crippen LogP contribution in [0.1, 0.15) is 47.1 Å². The summed E-state index contributed by atoms with van der Waals surface area (Å²) in [4.78, 5) is 28.1. The number of rotatable bonds is 1. The maximum atomic E-state index is 13.4. The number of nitrogens with zero attached hydrogens (tertiary/aromatic N) is 1. The second-order valence-corrected chi connectivity index (χ2v) is 7.65. The third kappa shape index (κ3) is 8.46. The van der Waals surface area contributed by atoms with Crippen molar-refractivity contribution in [1.82, 2.24) is 10.6 Å². The molecule has 0 aliphatic carbocycles. The van der Waals surface area contributed by atoms with Gasteiger partial charge in [0, 0.05) is 0 Å². The van der Waals surface area contributed by atoms with Crippen LogP contribution in [0.15, 0.2) is 23.2 Å². The average molecular weight is 367 g/mol. The number of ether oxygens (including phenoxy) is 2. The van der Waals surface area contributed by atoms with Gasteiger partial charge in [-0.25, -0.2) is 19.0 Å². The van der Waals surface area contributed by atoms with Crippen molar-refractivity contribution in [3.63, 3.8) is 0 Å². The van der Waals surface area contributed by atoms with Crippen LogP contribution in [0, 0.1) is 12.7 Å². The molecule has 2 amide bonds. The van der Waals surface area contributed by atoms with Crippen molar-refractivity contribution in [3.8, 4) is 0 Å². The number of amides is 2. The summed E-state index contributed by atoms with van der Waals surface area (Å²) in [5.41, 5.74) is -0.743. The van der Waals surface area contributed by atoms with Crippen LogP contribution in [0.4, 0.5) is 19.7 Å². The number of aryl methyl sites for hydroxylation is 1. The molecule has 144 valence electrons. The molecule has 2 N–H and O–H groups in total. The summed E-state index contributed by atoms with van der Waals surface area (Å²) in [6.07, 6.45) is -1.60. The average Bonchev–Trinajstić information content (AvgIpc) is 2.38. The van der Waals surface area contributed by atoms with E-state index in [0.29, 0.717) is 11.3 Å². The van der Waals surface area contributed by atoms with Crippen molar-refractivity contribution in [2.45, 2.75) is 59.7 Å². The lowest BCUT2D eigenvalue weighted by Crippen LogP contribution is -2.47. The Morgan fingerprint density at radius 1 is 0.962 bits per heavy atom. The highest BCUT2D eigenvalue weighted by Gasteiger charge is 2.21. The van der Waals surface area contributed by atoms with Crippen LogP contribution in [-0.4, -0.2) is 29.3 Å². The predicted octanol–water partition coefficient (Wildman–Crippen LogP) is 4.17. The molecule has 1 aromatic carbocycles. The van der Waals surface area contributed by atoms with Crippen molar-refractivity contribution in [2.75, 3.05) is 0 Å². The van der Waals surface area contributed by atoms with Gasteiger partial charge in [0.05, 0.1) is 5.69 Å². The number of benzene rings is 1. The molecule has 26 heavy (non-hydrogen) atoms. The van der Waals surface area contributed by atoms with E-state index in [1.165, 1.54) is 18.2 Å². The number of carbonyl (C=O) groups is 2. The third-order valence-electron chi connectivity index (χ3n) is 2.62. The fourth-order valence-electron chi connectivity index (χ4n) is 1.72. The lowest BCUT2D eigenvalue weighted by molar-refractivity contribution is 0.0545. The Hall–Kier alpha value is -2.64. The normalized spacial score (nSPS) is 11.4. The monoisotopic (exact) mass is 367 g/mol. The summed E-state index contributed by atoms with van der Waals surface area (Å²) in [5, 5.41) is 4.71. The summed E-state index contributed by atoms with van der Waals surface area (Å²) in [6.45, 7) is 11.8. The number of guanidine groups is 1. The molecule has 0 unspecified atom stereocenters. The van der Waals surface area contributed by atoms with E-state index in [9.17, 15) is 14.0 Å². The molecule has 0 saturated heterocycles. The molecule has 0 fully saturated rings. The van der Waals surface area contributed by atoms with Crippen LogP contribution in [0.5, 0.6) is 0 Å². The lowest BCUT2D eigenvalue weighted by Gasteiger charge is -2.22. The number of carbonyl (C=O) groups excluding carboxylic acids is 2. The van der Waals surface area contributed by atoms with E-state index < -0.39 is 23.4 Å². The molecule has 0 radical (unpaired) electrons. The van der Waals surface area contributed by atoms with Crippen LogP contribution in [0.2, 0.25) is 0 Å². The third-order valence-corrected chi connectivity index (χ3v) is 2.62. The number of hydrogen-bond acceptors (Lipinski definition) is 5. The Morgan fingerprint density at radius 2 is 1.42 bits per heavy atom. The van der Waals surface area contributed by atoms with Crippen LogP contribution >= 0.6 is 0 Å². The Labute approximate surface area is 153 Å². The van der Waals surface area contributed by atoms with Crippen molar-refractivity contribution in [3.05, 3.63) is 29.6 Å². The van der Waals surface area contributed by atoms with Gasteiger partial charge in [-0.3, -0.25) is 10.6 Å². The fraction of sp³-hybridized carbons (Fsp3) is 0.500. The quantitative estimate of drug-likeness (QED) is 0.576. The zero-order valence-corrected chi connectivity index (χ0v) is 16.2. The molecule has 0 aliphatic heterocycles. The van der Waals surface area contributed by atoms with E-state index in [1.54, 1.807) is 48.5 Å². The van der Waals surface area contributed by atoms with Crippen LogP contribution in [0.25, 0.3) is 0 Å². The van der Waals surface area contributed by atoms with Crippen molar-refractivity contribution in [1.29, 1.82) is 0 Å².